The molecule has 0 saturated heterocycles. The van der Waals surface area contributed by atoms with E-state index in [1.165, 1.54) is 43.4 Å². The van der Waals surface area contributed by atoms with Crippen LogP contribution in [0.4, 0.5) is 5.69 Å². The summed E-state index contributed by atoms with van der Waals surface area (Å²) in [6.45, 7) is 1.63. The SMILES string of the molecule is CC(c1cccc([N+](=O)[O-])c1)N(C)S(=O)(=O)c1cccc(Cl)c1Cl. The van der Waals surface area contributed by atoms with E-state index in [0.29, 0.717) is 5.56 Å². The molecule has 0 fully saturated rings. The quantitative estimate of drug-likeness (QED) is 0.565. The van der Waals surface area contributed by atoms with Crippen LogP contribution < -0.4 is 0 Å². The first-order valence-electron chi connectivity index (χ1n) is 6.82. The van der Waals surface area contributed by atoms with E-state index >= 15 is 0 Å². The van der Waals surface area contributed by atoms with Crippen LogP contribution in [0.3, 0.4) is 0 Å². The summed E-state index contributed by atoms with van der Waals surface area (Å²) < 4.78 is 26.7. The molecule has 24 heavy (non-hydrogen) atoms. The lowest BCUT2D eigenvalue weighted by atomic mass is 10.1. The maximum atomic E-state index is 12.8. The number of halogens is 2. The molecule has 2 rings (SSSR count). The highest BCUT2D eigenvalue weighted by molar-refractivity contribution is 7.89. The van der Waals surface area contributed by atoms with Crippen molar-refractivity contribution < 1.29 is 13.3 Å². The summed E-state index contributed by atoms with van der Waals surface area (Å²) >= 11 is 11.9. The third kappa shape index (κ3) is 3.54. The van der Waals surface area contributed by atoms with Crippen molar-refractivity contribution >= 4 is 38.9 Å². The van der Waals surface area contributed by atoms with Gasteiger partial charge in [0.15, 0.2) is 0 Å². The van der Waals surface area contributed by atoms with E-state index in [1.807, 2.05) is 0 Å². The molecule has 0 aliphatic rings. The van der Waals surface area contributed by atoms with E-state index < -0.39 is 21.0 Å². The maximum Gasteiger partial charge on any atom is 0.269 e. The zero-order valence-electron chi connectivity index (χ0n) is 12.8. The zero-order valence-corrected chi connectivity index (χ0v) is 15.1. The Balaban J connectivity index is 2.43. The van der Waals surface area contributed by atoms with Crippen molar-refractivity contribution in [3.63, 3.8) is 0 Å². The number of nitro groups is 1. The number of rotatable bonds is 5. The van der Waals surface area contributed by atoms with Crippen molar-refractivity contribution in [2.75, 3.05) is 7.05 Å². The second-order valence-corrected chi connectivity index (χ2v) is 7.85. The van der Waals surface area contributed by atoms with Gasteiger partial charge in [0.2, 0.25) is 10.0 Å². The lowest BCUT2D eigenvalue weighted by molar-refractivity contribution is -0.384. The normalized spacial score (nSPS) is 13.0. The van der Waals surface area contributed by atoms with Crippen LogP contribution in [0.2, 0.25) is 10.0 Å². The van der Waals surface area contributed by atoms with Crippen LogP contribution in [-0.4, -0.2) is 24.7 Å². The summed E-state index contributed by atoms with van der Waals surface area (Å²) in [6.07, 6.45) is 0. The average Bonchev–Trinajstić information content (AvgIpc) is 2.55. The van der Waals surface area contributed by atoms with Crippen LogP contribution >= 0.6 is 23.2 Å². The number of nitro benzene ring substituents is 1. The van der Waals surface area contributed by atoms with Crippen molar-refractivity contribution in [3.8, 4) is 0 Å². The third-order valence-electron chi connectivity index (χ3n) is 3.68. The second-order valence-electron chi connectivity index (χ2n) is 5.10. The number of hydrogen-bond donors (Lipinski definition) is 0. The maximum absolute atomic E-state index is 12.8. The summed E-state index contributed by atoms with van der Waals surface area (Å²) in [6, 6.07) is 9.54. The Bertz CT molecular complexity index is 887. The Morgan fingerprint density at radius 3 is 2.42 bits per heavy atom. The molecule has 9 heteroatoms. The number of hydrogen-bond acceptors (Lipinski definition) is 4. The fourth-order valence-electron chi connectivity index (χ4n) is 2.15. The van der Waals surface area contributed by atoms with E-state index in [1.54, 1.807) is 13.0 Å². The Labute approximate surface area is 149 Å². The molecule has 1 atom stereocenters. The van der Waals surface area contributed by atoms with Crippen molar-refractivity contribution in [3.05, 3.63) is 68.2 Å². The molecule has 0 aromatic heterocycles. The van der Waals surface area contributed by atoms with Crippen molar-refractivity contribution in [2.45, 2.75) is 17.9 Å². The molecule has 0 saturated carbocycles. The van der Waals surface area contributed by atoms with Gasteiger partial charge in [-0.1, -0.05) is 41.4 Å². The summed E-state index contributed by atoms with van der Waals surface area (Å²) in [5.74, 6) is 0. The summed E-state index contributed by atoms with van der Waals surface area (Å²) in [7, 11) is -2.54. The van der Waals surface area contributed by atoms with Crippen LogP contribution in [0, 0.1) is 10.1 Å². The Morgan fingerprint density at radius 2 is 1.79 bits per heavy atom. The van der Waals surface area contributed by atoms with Crippen molar-refractivity contribution in [2.24, 2.45) is 0 Å². The summed E-state index contributed by atoms with van der Waals surface area (Å²) in [4.78, 5) is 10.2. The van der Waals surface area contributed by atoms with E-state index in [-0.39, 0.29) is 20.6 Å². The monoisotopic (exact) mass is 388 g/mol. The Kier molecular flexibility index (Phi) is 5.49. The summed E-state index contributed by atoms with van der Waals surface area (Å²) in [5.41, 5.74) is 0.388. The molecule has 2 aromatic carbocycles. The molecule has 0 heterocycles. The molecular formula is C15H14Cl2N2O4S. The molecule has 1 unspecified atom stereocenters. The third-order valence-corrected chi connectivity index (χ3v) is 6.58. The van der Waals surface area contributed by atoms with Gasteiger partial charge in [-0.25, -0.2) is 8.42 Å². The van der Waals surface area contributed by atoms with Gasteiger partial charge < -0.3 is 0 Å². The highest BCUT2D eigenvalue weighted by Crippen LogP contribution is 2.34. The van der Waals surface area contributed by atoms with Gasteiger partial charge in [-0.3, -0.25) is 10.1 Å². The first-order chi connectivity index (χ1) is 11.2. The van der Waals surface area contributed by atoms with Gasteiger partial charge >= 0.3 is 0 Å². The fraction of sp³-hybridized carbons (Fsp3) is 0.200. The standard InChI is InChI=1S/C15H14Cl2N2O4S/c1-10(11-5-3-6-12(9-11)19(20)21)18(2)24(22,23)14-8-4-7-13(16)15(14)17/h3-10H,1-2H3. The van der Waals surface area contributed by atoms with Gasteiger partial charge in [0.05, 0.1) is 15.0 Å². The topological polar surface area (TPSA) is 80.5 Å². The highest BCUT2D eigenvalue weighted by atomic mass is 35.5. The minimum atomic E-state index is -3.93. The summed E-state index contributed by atoms with van der Waals surface area (Å²) in [5, 5.41) is 11.0. The predicted octanol–water partition coefficient (Wildman–Crippen LogP) is 4.28. The van der Waals surface area contributed by atoms with Crippen LogP contribution in [-0.2, 0) is 10.0 Å². The molecule has 0 aliphatic carbocycles. The molecule has 0 N–H and O–H groups in total. The predicted molar refractivity (Wildman–Crippen MR) is 92.9 cm³/mol. The molecule has 0 spiro atoms. The Morgan fingerprint density at radius 1 is 1.17 bits per heavy atom. The molecule has 128 valence electrons. The van der Waals surface area contributed by atoms with E-state index in [4.69, 9.17) is 23.2 Å². The molecule has 0 amide bonds. The lowest BCUT2D eigenvalue weighted by Crippen LogP contribution is -2.30. The average molecular weight is 389 g/mol. The van der Waals surface area contributed by atoms with Crippen LogP contribution in [0.5, 0.6) is 0 Å². The number of non-ortho nitro benzene ring substituents is 1. The molecule has 2 aromatic rings. The van der Waals surface area contributed by atoms with Gasteiger partial charge in [0.25, 0.3) is 5.69 Å². The molecule has 0 radical (unpaired) electrons. The van der Waals surface area contributed by atoms with Crippen LogP contribution in [0.25, 0.3) is 0 Å². The van der Waals surface area contributed by atoms with Crippen LogP contribution in [0.1, 0.15) is 18.5 Å². The smallest absolute Gasteiger partial charge is 0.258 e. The van der Waals surface area contributed by atoms with Gasteiger partial charge in [0.1, 0.15) is 4.90 Å². The molecule has 6 nitrogen and oxygen atoms in total. The van der Waals surface area contributed by atoms with Gasteiger partial charge in [-0.15, -0.1) is 0 Å². The molecule has 0 aliphatic heterocycles. The minimum Gasteiger partial charge on any atom is -0.258 e. The van der Waals surface area contributed by atoms with E-state index in [2.05, 4.69) is 0 Å². The van der Waals surface area contributed by atoms with Crippen molar-refractivity contribution in [1.82, 2.24) is 4.31 Å². The minimum absolute atomic E-state index is 0.0581. The lowest BCUT2D eigenvalue weighted by Gasteiger charge is -2.25. The number of benzene rings is 2. The first-order valence-corrected chi connectivity index (χ1v) is 9.02. The van der Waals surface area contributed by atoms with Gasteiger partial charge in [-0.05, 0) is 24.6 Å². The molecular weight excluding hydrogens is 375 g/mol. The fourth-order valence-corrected chi connectivity index (χ4v) is 4.24. The van der Waals surface area contributed by atoms with E-state index in [0.717, 1.165) is 4.31 Å². The largest absolute Gasteiger partial charge is 0.269 e. The van der Waals surface area contributed by atoms with Crippen molar-refractivity contribution in [1.29, 1.82) is 0 Å². The van der Waals surface area contributed by atoms with Gasteiger partial charge in [-0.2, -0.15) is 4.31 Å². The van der Waals surface area contributed by atoms with Crippen LogP contribution in [0.15, 0.2) is 47.4 Å². The Hall–Kier alpha value is -1.67. The van der Waals surface area contributed by atoms with Gasteiger partial charge in [0, 0.05) is 25.2 Å². The second kappa shape index (κ2) is 7.06. The highest BCUT2D eigenvalue weighted by Gasteiger charge is 2.29. The number of sulfonamides is 1. The van der Waals surface area contributed by atoms with E-state index in [9.17, 15) is 18.5 Å². The zero-order chi connectivity index (χ0) is 18.1. The molecule has 0 bridgehead atoms. The number of nitrogens with zero attached hydrogens (tertiary/aromatic N) is 2. The first kappa shape index (κ1) is 18.7.